The van der Waals surface area contributed by atoms with Gasteiger partial charge in [-0.05, 0) is 51.4 Å². The van der Waals surface area contributed by atoms with E-state index in [4.69, 9.17) is 9.05 Å². The van der Waals surface area contributed by atoms with Crippen LogP contribution in [0.4, 0.5) is 0 Å². The van der Waals surface area contributed by atoms with Gasteiger partial charge in [-0.2, -0.15) is 0 Å². The maximum Gasteiger partial charge on any atom is 0.268 e. The molecular formula is C51H95N2O6P. The molecule has 350 valence electrons. The van der Waals surface area contributed by atoms with E-state index in [-0.39, 0.29) is 25.5 Å². The van der Waals surface area contributed by atoms with Crippen molar-refractivity contribution in [3.63, 3.8) is 0 Å². The van der Waals surface area contributed by atoms with Crippen LogP contribution in [0.3, 0.4) is 0 Å². The number of aliphatic hydroxyl groups is 1. The Hall–Kier alpha value is -1.80. The Labute approximate surface area is 371 Å². The number of carbonyl (C=O) groups excluding carboxylic acids is 1. The highest BCUT2D eigenvalue weighted by atomic mass is 31.2. The minimum absolute atomic E-state index is 0.000895. The number of amides is 1. The molecule has 0 heterocycles. The van der Waals surface area contributed by atoms with E-state index in [0.29, 0.717) is 23.9 Å². The monoisotopic (exact) mass is 863 g/mol. The van der Waals surface area contributed by atoms with Gasteiger partial charge >= 0.3 is 0 Å². The van der Waals surface area contributed by atoms with Crippen molar-refractivity contribution in [2.75, 3.05) is 40.9 Å². The lowest BCUT2D eigenvalue weighted by Gasteiger charge is -2.30. The number of nitrogens with one attached hydrogen (secondary N) is 1. The molecule has 0 fully saturated rings. The number of quaternary nitrogens is 1. The Balaban J connectivity index is 4.37. The molecule has 0 spiro atoms. The van der Waals surface area contributed by atoms with Gasteiger partial charge in [-0.15, -0.1) is 0 Å². The van der Waals surface area contributed by atoms with E-state index in [2.05, 4.69) is 79.9 Å². The molecule has 60 heavy (non-hydrogen) atoms. The first-order valence-electron chi connectivity index (χ1n) is 24.6. The topological polar surface area (TPSA) is 108 Å². The second-order valence-corrected chi connectivity index (χ2v) is 19.2. The number of allylic oxidation sites excluding steroid dienone is 10. The highest BCUT2D eigenvalue weighted by molar-refractivity contribution is 7.45. The maximum atomic E-state index is 12.9. The lowest BCUT2D eigenvalue weighted by atomic mass is 10.0. The normalized spacial score (nSPS) is 14.7. The first-order valence-corrected chi connectivity index (χ1v) is 26.1. The number of hydrogen-bond donors (Lipinski definition) is 2. The highest BCUT2D eigenvalue weighted by Gasteiger charge is 2.24. The number of phosphoric acid groups is 1. The van der Waals surface area contributed by atoms with Crippen LogP contribution in [0.5, 0.6) is 0 Å². The molecular weight excluding hydrogens is 768 g/mol. The van der Waals surface area contributed by atoms with Crippen molar-refractivity contribution in [3.05, 3.63) is 60.8 Å². The highest BCUT2D eigenvalue weighted by Crippen LogP contribution is 2.38. The van der Waals surface area contributed by atoms with Crippen LogP contribution in [-0.4, -0.2) is 68.5 Å². The quantitative estimate of drug-likeness (QED) is 0.0273. The minimum atomic E-state index is -4.59. The molecule has 0 radical (unpaired) electrons. The number of phosphoric ester groups is 1. The van der Waals surface area contributed by atoms with Crippen LogP contribution >= 0.6 is 7.82 Å². The predicted octanol–water partition coefficient (Wildman–Crippen LogP) is 13.6. The summed E-state index contributed by atoms with van der Waals surface area (Å²) >= 11 is 0. The van der Waals surface area contributed by atoms with Crippen molar-refractivity contribution in [1.29, 1.82) is 0 Å². The summed E-state index contributed by atoms with van der Waals surface area (Å²) in [7, 11) is 1.26. The molecule has 0 aromatic carbocycles. The lowest BCUT2D eigenvalue weighted by Crippen LogP contribution is -2.46. The van der Waals surface area contributed by atoms with Gasteiger partial charge < -0.3 is 28.8 Å². The average Bonchev–Trinajstić information content (AvgIpc) is 3.20. The van der Waals surface area contributed by atoms with Crippen LogP contribution in [-0.2, 0) is 18.4 Å². The van der Waals surface area contributed by atoms with E-state index in [1.807, 2.05) is 21.1 Å². The smallest absolute Gasteiger partial charge is 0.268 e. The van der Waals surface area contributed by atoms with E-state index in [0.717, 1.165) is 57.8 Å². The third-order valence-electron chi connectivity index (χ3n) is 10.8. The van der Waals surface area contributed by atoms with Gasteiger partial charge in [-0.3, -0.25) is 9.36 Å². The fourth-order valence-electron chi connectivity index (χ4n) is 6.90. The Morgan fingerprint density at radius 3 is 1.42 bits per heavy atom. The zero-order chi connectivity index (χ0) is 44.3. The van der Waals surface area contributed by atoms with Crippen LogP contribution in [0.25, 0.3) is 0 Å². The van der Waals surface area contributed by atoms with Gasteiger partial charge in [0.15, 0.2) is 0 Å². The second kappa shape index (κ2) is 42.5. The standard InChI is InChI=1S/C51H95N2O6P/c1-6-8-10-12-14-16-18-20-22-24-25-26-27-29-30-32-34-36-38-40-42-44-50(54)49(48-59-60(56,57)58-47-46-53(3,4)5)52-51(55)45-43-41-39-37-35-33-31-28-23-21-19-17-15-13-11-9-7-2/h9,11,15,17,21,23,31,33,37,39,49-50,54H,6-8,10,12-14,16,18-20,22,24-30,32,34-36,38,40-48H2,1-5H3,(H-,52,55,56,57)/b11-9-,17-15-,23-21-,33-31-,39-37-. The van der Waals surface area contributed by atoms with Crippen LogP contribution < -0.4 is 10.2 Å². The summed E-state index contributed by atoms with van der Waals surface area (Å²) in [5.74, 6) is -0.222. The molecule has 0 bridgehead atoms. The SMILES string of the molecule is CC/C=C\C/C=C\C/C=C\C/C=C\C/C=C\CCCC(=O)NC(COP(=O)([O-])OCC[N+](C)(C)C)C(O)CCCCCCCCCCCCCCCCCCCCCCC. The fraction of sp³-hybridized carbons (Fsp3) is 0.784. The molecule has 0 saturated carbocycles. The second-order valence-electron chi connectivity index (χ2n) is 17.8. The van der Waals surface area contributed by atoms with Crippen LogP contribution in [0.2, 0.25) is 0 Å². The third kappa shape index (κ3) is 44.3. The molecule has 2 N–H and O–H groups in total. The third-order valence-corrected chi connectivity index (χ3v) is 11.7. The molecule has 0 aromatic heterocycles. The minimum Gasteiger partial charge on any atom is -0.756 e. The number of unbranched alkanes of at least 4 members (excludes halogenated alkanes) is 21. The Kier molecular flexibility index (Phi) is 41.2. The van der Waals surface area contributed by atoms with Gasteiger partial charge in [0, 0.05) is 6.42 Å². The first-order chi connectivity index (χ1) is 29.0. The van der Waals surface area contributed by atoms with Gasteiger partial charge in [-0.1, -0.05) is 209 Å². The first kappa shape index (κ1) is 58.2. The molecule has 3 atom stereocenters. The molecule has 0 saturated heterocycles. The molecule has 0 aliphatic heterocycles. The molecule has 0 rings (SSSR count). The van der Waals surface area contributed by atoms with Crippen molar-refractivity contribution in [2.45, 2.75) is 219 Å². The molecule has 3 unspecified atom stereocenters. The van der Waals surface area contributed by atoms with E-state index in [1.165, 1.54) is 116 Å². The van der Waals surface area contributed by atoms with Gasteiger partial charge in [0.05, 0.1) is 39.9 Å². The molecule has 0 aromatic rings. The molecule has 0 aliphatic carbocycles. The summed E-state index contributed by atoms with van der Waals surface area (Å²) in [6.45, 7) is 4.57. The summed E-state index contributed by atoms with van der Waals surface area (Å²) in [5.41, 5.74) is 0. The number of aliphatic hydroxyl groups excluding tert-OH is 1. The van der Waals surface area contributed by atoms with E-state index in [1.54, 1.807) is 0 Å². The van der Waals surface area contributed by atoms with Crippen molar-refractivity contribution >= 4 is 13.7 Å². The van der Waals surface area contributed by atoms with E-state index >= 15 is 0 Å². The van der Waals surface area contributed by atoms with Gasteiger partial charge in [0.1, 0.15) is 13.2 Å². The molecule has 1 amide bonds. The zero-order valence-corrected chi connectivity index (χ0v) is 40.5. The molecule has 8 nitrogen and oxygen atoms in total. The zero-order valence-electron chi connectivity index (χ0n) is 39.6. The van der Waals surface area contributed by atoms with Crippen molar-refractivity contribution < 1.29 is 32.9 Å². The Morgan fingerprint density at radius 1 is 0.600 bits per heavy atom. The average molecular weight is 863 g/mol. The number of likely N-dealkylation sites (N-methyl/N-ethyl adjacent to an activating group) is 1. The van der Waals surface area contributed by atoms with Crippen molar-refractivity contribution in [2.24, 2.45) is 0 Å². The van der Waals surface area contributed by atoms with Crippen molar-refractivity contribution in [3.8, 4) is 0 Å². The van der Waals surface area contributed by atoms with Crippen molar-refractivity contribution in [1.82, 2.24) is 5.32 Å². The largest absolute Gasteiger partial charge is 0.756 e. The number of hydrogen-bond acceptors (Lipinski definition) is 6. The van der Waals surface area contributed by atoms with Crippen LogP contribution in [0.1, 0.15) is 206 Å². The maximum absolute atomic E-state index is 12.9. The van der Waals surface area contributed by atoms with Gasteiger partial charge in [0.25, 0.3) is 7.82 Å². The summed E-state index contributed by atoms with van der Waals surface area (Å²) in [4.78, 5) is 25.4. The number of carbonyl (C=O) groups is 1. The van der Waals surface area contributed by atoms with Gasteiger partial charge in [-0.25, -0.2) is 0 Å². The van der Waals surface area contributed by atoms with E-state index < -0.39 is 20.0 Å². The summed E-state index contributed by atoms with van der Waals surface area (Å²) in [5, 5.41) is 13.9. The summed E-state index contributed by atoms with van der Waals surface area (Å²) in [6.07, 6.45) is 55.3. The van der Waals surface area contributed by atoms with Gasteiger partial charge in [0.2, 0.25) is 5.91 Å². The lowest BCUT2D eigenvalue weighted by molar-refractivity contribution is -0.870. The fourth-order valence-corrected chi connectivity index (χ4v) is 7.62. The molecule has 0 aliphatic rings. The number of rotatable bonds is 44. The molecule has 9 heteroatoms. The van der Waals surface area contributed by atoms with E-state index in [9.17, 15) is 19.4 Å². The predicted molar refractivity (Wildman–Crippen MR) is 256 cm³/mol. The Morgan fingerprint density at radius 2 is 1.00 bits per heavy atom. The Bertz CT molecular complexity index is 1160. The summed E-state index contributed by atoms with van der Waals surface area (Å²) in [6, 6.07) is -0.833. The summed E-state index contributed by atoms with van der Waals surface area (Å²) < 4.78 is 23.3. The van der Waals surface area contributed by atoms with Crippen LogP contribution in [0.15, 0.2) is 60.8 Å². The van der Waals surface area contributed by atoms with Crippen LogP contribution in [0, 0.1) is 0 Å². The number of nitrogens with zero attached hydrogens (tertiary/aromatic N) is 1.